The zero-order chi connectivity index (χ0) is 14.4. The number of rotatable bonds is 5. The zero-order valence-corrected chi connectivity index (χ0v) is 11.4. The van der Waals surface area contributed by atoms with Gasteiger partial charge in [0.15, 0.2) is 24.4 Å². The first-order chi connectivity index (χ1) is 9.76. The molecule has 2 rings (SSSR count). The van der Waals surface area contributed by atoms with Crippen LogP contribution in [0.2, 0.25) is 0 Å². The average molecular weight is 278 g/mol. The van der Waals surface area contributed by atoms with Crippen molar-refractivity contribution in [3.8, 4) is 17.6 Å². The highest BCUT2D eigenvalue weighted by atomic mass is 16.7. The monoisotopic (exact) mass is 278 g/mol. The molecule has 0 radical (unpaired) electrons. The molecule has 0 amide bonds. The molecule has 0 saturated carbocycles. The normalized spacial score (nSPS) is 15.6. The van der Waals surface area contributed by atoms with Crippen LogP contribution in [0.15, 0.2) is 12.1 Å². The van der Waals surface area contributed by atoms with Crippen molar-refractivity contribution in [2.24, 2.45) is 0 Å². The fourth-order valence-electron chi connectivity index (χ4n) is 1.98. The van der Waals surface area contributed by atoms with Crippen molar-refractivity contribution in [3.63, 3.8) is 0 Å². The van der Waals surface area contributed by atoms with Crippen molar-refractivity contribution < 1.29 is 18.9 Å². The van der Waals surface area contributed by atoms with E-state index >= 15 is 0 Å². The molecule has 1 aromatic rings. The van der Waals surface area contributed by atoms with Crippen molar-refractivity contribution in [1.29, 1.82) is 5.26 Å². The molecule has 108 valence electrons. The molecule has 0 aliphatic carbocycles. The highest BCUT2D eigenvalue weighted by Gasteiger charge is 2.21. The molecular formula is C14H18N2O4. The fraction of sp³-hybridized carbons (Fsp3) is 0.500. The van der Waals surface area contributed by atoms with E-state index in [1.165, 1.54) is 0 Å². The summed E-state index contributed by atoms with van der Waals surface area (Å²) in [6, 6.07) is 5.42. The largest absolute Gasteiger partial charge is 0.490 e. The van der Waals surface area contributed by atoms with Crippen LogP contribution in [0.5, 0.6) is 11.5 Å². The van der Waals surface area contributed by atoms with Crippen LogP contribution < -0.4 is 15.2 Å². The molecule has 2 N–H and O–H groups in total. The molecule has 1 aliphatic heterocycles. The van der Waals surface area contributed by atoms with Gasteiger partial charge >= 0.3 is 0 Å². The standard InChI is InChI=1S/C14H18N2O4/c1-2-17-12-9-10(14-19-5-3-6-20-14)8-11(16)13(12)18-7-4-15/h8-9,14H,2-3,5-7,16H2,1H3. The molecule has 6 heteroatoms. The smallest absolute Gasteiger partial charge is 0.185 e. The van der Waals surface area contributed by atoms with Crippen molar-refractivity contribution in [2.75, 3.05) is 32.2 Å². The Morgan fingerprint density at radius 1 is 1.35 bits per heavy atom. The van der Waals surface area contributed by atoms with Crippen LogP contribution in [0.3, 0.4) is 0 Å². The summed E-state index contributed by atoms with van der Waals surface area (Å²) in [5.41, 5.74) is 7.16. The topological polar surface area (TPSA) is 86.7 Å². The minimum absolute atomic E-state index is 0.0833. The van der Waals surface area contributed by atoms with Crippen LogP contribution in [0.25, 0.3) is 0 Å². The van der Waals surface area contributed by atoms with Crippen LogP contribution in [-0.2, 0) is 9.47 Å². The number of anilines is 1. The van der Waals surface area contributed by atoms with Crippen LogP contribution in [0.1, 0.15) is 25.2 Å². The highest BCUT2D eigenvalue weighted by molar-refractivity contribution is 5.62. The number of benzene rings is 1. The van der Waals surface area contributed by atoms with Crippen molar-refractivity contribution in [2.45, 2.75) is 19.6 Å². The molecule has 0 unspecified atom stereocenters. The maximum Gasteiger partial charge on any atom is 0.185 e. The Bertz CT molecular complexity index is 493. The van der Waals surface area contributed by atoms with Gasteiger partial charge in [-0.2, -0.15) is 5.26 Å². The van der Waals surface area contributed by atoms with Crippen LogP contribution >= 0.6 is 0 Å². The molecule has 1 aromatic carbocycles. The number of ether oxygens (including phenoxy) is 4. The molecule has 1 saturated heterocycles. The van der Waals surface area contributed by atoms with Gasteiger partial charge in [-0.05, 0) is 25.5 Å². The van der Waals surface area contributed by atoms with E-state index in [1.807, 2.05) is 13.0 Å². The summed E-state index contributed by atoms with van der Waals surface area (Å²) >= 11 is 0. The quantitative estimate of drug-likeness (QED) is 0.829. The lowest BCUT2D eigenvalue weighted by Crippen LogP contribution is -2.18. The molecule has 1 heterocycles. The average Bonchev–Trinajstić information content (AvgIpc) is 2.47. The summed E-state index contributed by atoms with van der Waals surface area (Å²) in [6.45, 7) is 3.56. The number of hydrogen-bond acceptors (Lipinski definition) is 6. The van der Waals surface area contributed by atoms with E-state index in [0.717, 1.165) is 12.0 Å². The van der Waals surface area contributed by atoms with E-state index in [1.54, 1.807) is 12.1 Å². The Hall–Kier alpha value is -1.97. The van der Waals surface area contributed by atoms with Gasteiger partial charge in [0.1, 0.15) is 6.07 Å². The molecule has 1 fully saturated rings. The van der Waals surface area contributed by atoms with Gasteiger partial charge in [0.25, 0.3) is 0 Å². The Morgan fingerprint density at radius 2 is 2.10 bits per heavy atom. The van der Waals surface area contributed by atoms with Gasteiger partial charge in [-0.3, -0.25) is 0 Å². The number of nitriles is 1. The number of hydrogen-bond donors (Lipinski definition) is 1. The summed E-state index contributed by atoms with van der Waals surface area (Å²) in [4.78, 5) is 0. The van der Waals surface area contributed by atoms with Gasteiger partial charge in [0.2, 0.25) is 0 Å². The van der Waals surface area contributed by atoms with E-state index < -0.39 is 6.29 Å². The SMILES string of the molecule is CCOc1cc(C2OCCCO2)cc(N)c1OCC#N. The zero-order valence-electron chi connectivity index (χ0n) is 11.4. The summed E-state index contributed by atoms with van der Waals surface area (Å²) in [5, 5.41) is 8.60. The highest BCUT2D eigenvalue weighted by Crippen LogP contribution is 2.38. The van der Waals surface area contributed by atoms with Crippen LogP contribution in [0, 0.1) is 11.3 Å². The van der Waals surface area contributed by atoms with Crippen molar-refractivity contribution in [1.82, 2.24) is 0 Å². The Balaban J connectivity index is 2.28. The summed E-state index contributed by atoms with van der Waals surface area (Å²) in [7, 11) is 0. The van der Waals surface area contributed by atoms with Crippen molar-refractivity contribution in [3.05, 3.63) is 17.7 Å². The molecule has 1 aliphatic rings. The minimum atomic E-state index is -0.435. The molecule has 0 aromatic heterocycles. The summed E-state index contributed by atoms with van der Waals surface area (Å²) in [6.07, 6.45) is 0.448. The molecular weight excluding hydrogens is 260 g/mol. The van der Waals surface area contributed by atoms with Gasteiger partial charge < -0.3 is 24.7 Å². The number of nitrogen functional groups attached to an aromatic ring is 1. The minimum Gasteiger partial charge on any atom is -0.490 e. The Morgan fingerprint density at radius 3 is 2.75 bits per heavy atom. The third-order valence-electron chi connectivity index (χ3n) is 2.79. The van der Waals surface area contributed by atoms with E-state index in [0.29, 0.717) is 37.0 Å². The van der Waals surface area contributed by atoms with E-state index in [4.69, 9.17) is 29.9 Å². The maximum absolute atomic E-state index is 8.60. The van der Waals surface area contributed by atoms with Gasteiger partial charge in [0.05, 0.1) is 25.5 Å². The fourth-order valence-corrected chi connectivity index (χ4v) is 1.98. The number of nitrogens with two attached hydrogens (primary N) is 1. The third-order valence-corrected chi connectivity index (χ3v) is 2.79. The lowest BCUT2D eigenvalue weighted by atomic mass is 10.1. The third kappa shape index (κ3) is 3.32. The van der Waals surface area contributed by atoms with E-state index in [2.05, 4.69) is 0 Å². The van der Waals surface area contributed by atoms with Gasteiger partial charge in [0, 0.05) is 5.56 Å². The molecule has 0 bridgehead atoms. The van der Waals surface area contributed by atoms with Gasteiger partial charge in [-0.25, -0.2) is 0 Å². The van der Waals surface area contributed by atoms with E-state index in [9.17, 15) is 0 Å². The van der Waals surface area contributed by atoms with Gasteiger partial charge in [-0.15, -0.1) is 0 Å². The van der Waals surface area contributed by atoms with Crippen LogP contribution in [-0.4, -0.2) is 26.4 Å². The second-order valence-corrected chi connectivity index (χ2v) is 4.24. The summed E-state index contributed by atoms with van der Waals surface area (Å²) in [5.74, 6) is 0.878. The van der Waals surface area contributed by atoms with Crippen molar-refractivity contribution >= 4 is 5.69 Å². The first kappa shape index (κ1) is 14.4. The van der Waals surface area contributed by atoms with Gasteiger partial charge in [-0.1, -0.05) is 0 Å². The lowest BCUT2D eigenvalue weighted by molar-refractivity contribution is -0.183. The second kappa shape index (κ2) is 6.98. The predicted molar refractivity (Wildman–Crippen MR) is 72.4 cm³/mol. The van der Waals surface area contributed by atoms with Crippen LogP contribution in [0.4, 0.5) is 5.69 Å². The number of nitrogens with zero attached hydrogens (tertiary/aromatic N) is 1. The lowest BCUT2D eigenvalue weighted by Gasteiger charge is -2.24. The Labute approximate surface area is 118 Å². The predicted octanol–water partition coefficient (Wildman–Crippen LogP) is 2.01. The maximum atomic E-state index is 8.60. The van der Waals surface area contributed by atoms with E-state index in [-0.39, 0.29) is 6.61 Å². The molecule has 0 atom stereocenters. The molecule has 20 heavy (non-hydrogen) atoms. The Kier molecular flexibility index (Phi) is 5.04. The first-order valence-electron chi connectivity index (χ1n) is 6.55. The second-order valence-electron chi connectivity index (χ2n) is 4.24. The first-order valence-corrected chi connectivity index (χ1v) is 6.55. The molecule has 0 spiro atoms. The molecule has 6 nitrogen and oxygen atoms in total. The summed E-state index contributed by atoms with van der Waals surface area (Å²) < 4.78 is 21.9.